The Labute approximate surface area is 144 Å². The van der Waals surface area contributed by atoms with E-state index in [0.29, 0.717) is 49.6 Å². The molecule has 0 aliphatic carbocycles. The molecule has 9 heteroatoms. The van der Waals surface area contributed by atoms with Crippen LogP contribution in [0.25, 0.3) is 11.2 Å². The SMILES string of the molecule is C=CCn1c(N2CCC(C(N)=O)CC2)nc2c1c(=O)n(C)c(=O)n2C. The fourth-order valence-corrected chi connectivity index (χ4v) is 3.34. The summed E-state index contributed by atoms with van der Waals surface area (Å²) in [4.78, 5) is 42.7. The molecule has 1 fully saturated rings. The van der Waals surface area contributed by atoms with E-state index in [4.69, 9.17) is 5.73 Å². The average molecular weight is 346 g/mol. The van der Waals surface area contributed by atoms with Gasteiger partial charge in [-0.3, -0.25) is 18.7 Å². The number of nitrogens with zero attached hydrogens (tertiary/aromatic N) is 5. The van der Waals surface area contributed by atoms with Crippen LogP contribution in [0.4, 0.5) is 5.95 Å². The summed E-state index contributed by atoms with van der Waals surface area (Å²) in [5.41, 5.74) is 5.31. The molecule has 0 radical (unpaired) electrons. The number of aromatic nitrogens is 4. The number of primary amides is 1. The molecule has 0 saturated carbocycles. The molecule has 1 saturated heterocycles. The number of hydrogen-bond acceptors (Lipinski definition) is 5. The van der Waals surface area contributed by atoms with Crippen molar-refractivity contribution in [1.82, 2.24) is 18.7 Å². The number of fused-ring (bicyclic) bond motifs is 1. The molecular weight excluding hydrogens is 324 g/mol. The normalized spacial score (nSPS) is 15.7. The highest BCUT2D eigenvalue weighted by Gasteiger charge is 2.27. The second kappa shape index (κ2) is 6.23. The van der Waals surface area contributed by atoms with E-state index < -0.39 is 5.69 Å². The van der Waals surface area contributed by atoms with Gasteiger partial charge in [-0.15, -0.1) is 6.58 Å². The Kier molecular flexibility index (Phi) is 4.23. The third-order valence-corrected chi connectivity index (χ3v) is 4.82. The van der Waals surface area contributed by atoms with E-state index in [1.807, 2.05) is 4.90 Å². The molecule has 1 aliphatic heterocycles. The fraction of sp³-hybridized carbons (Fsp3) is 0.500. The number of nitrogens with two attached hydrogens (primary N) is 1. The van der Waals surface area contributed by atoms with E-state index in [-0.39, 0.29) is 17.4 Å². The van der Waals surface area contributed by atoms with Gasteiger partial charge in [0, 0.05) is 39.6 Å². The summed E-state index contributed by atoms with van der Waals surface area (Å²) in [5.74, 6) is 0.192. The number of aryl methyl sites for hydroxylation is 1. The predicted octanol–water partition coefficient (Wildman–Crippen LogP) is -0.679. The summed E-state index contributed by atoms with van der Waals surface area (Å²) >= 11 is 0. The highest BCUT2D eigenvalue weighted by molar-refractivity contribution is 5.77. The first-order valence-electron chi connectivity index (χ1n) is 8.18. The van der Waals surface area contributed by atoms with Crippen LogP contribution in [0.5, 0.6) is 0 Å². The lowest BCUT2D eigenvalue weighted by atomic mass is 9.96. The van der Waals surface area contributed by atoms with Gasteiger partial charge in [0.05, 0.1) is 0 Å². The van der Waals surface area contributed by atoms with Gasteiger partial charge >= 0.3 is 5.69 Å². The van der Waals surface area contributed by atoms with Crippen molar-refractivity contribution in [2.75, 3.05) is 18.0 Å². The maximum Gasteiger partial charge on any atom is 0.332 e. The standard InChI is InChI=1S/C16H22N6O3/c1-4-7-22-11-13(19(2)16(25)20(3)14(11)24)18-15(22)21-8-5-10(6-9-21)12(17)23/h4,10H,1,5-9H2,2-3H3,(H2,17,23). The van der Waals surface area contributed by atoms with Gasteiger partial charge in [0.25, 0.3) is 5.56 Å². The quantitative estimate of drug-likeness (QED) is 0.738. The third kappa shape index (κ3) is 2.65. The van der Waals surface area contributed by atoms with Gasteiger partial charge in [0.15, 0.2) is 11.2 Å². The van der Waals surface area contributed by atoms with E-state index in [1.165, 1.54) is 11.6 Å². The van der Waals surface area contributed by atoms with Gasteiger partial charge in [-0.25, -0.2) is 4.79 Å². The number of hydrogen-bond donors (Lipinski definition) is 1. The first-order valence-corrected chi connectivity index (χ1v) is 8.18. The van der Waals surface area contributed by atoms with Crippen LogP contribution in [0.3, 0.4) is 0 Å². The summed E-state index contributed by atoms with van der Waals surface area (Å²) in [6.45, 7) is 5.37. The van der Waals surface area contributed by atoms with Crippen molar-refractivity contribution in [2.24, 2.45) is 25.7 Å². The highest BCUT2D eigenvalue weighted by atomic mass is 16.2. The number of anilines is 1. The average Bonchev–Trinajstić information content (AvgIpc) is 2.98. The lowest BCUT2D eigenvalue weighted by molar-refractivity contribution is -0.122. The van der Waals surface area contributed by atoms with Crippen molar-refractivity contribution in [3.8, 4) is 0 Å². The number of amides is 1. The Morgan fingerprint density at radius 3 is 2.48 bits per heavy atom. The van der Waals surface area contributed by atoms with Crippen LogP contribution in [0.2, 0.25) is 0 Å². The molecule has 1 aliphatic rings. The summed E-state index contributed by atoms with van der Waals surface area (Å²) in [7, 11) is 3.05. The van der Waals surface area contributed by atoms with E-state index in [1.54, 1.807) is 17.7 Å². The number of rotatable bonds is 4. The second-order valence-corrected chi connectivity index (χ2v) is 6.35. The van der Waals surface area contributed by atoms with Gasteiger partial charge in [0.2, 0.25) is 11.9 Å². The molecule has 0 bridgehead atoms. The highest BCUT2D eigenvalue weighted by Crippen LogP contribution is 2.25. The first kappa shape index (κ1) is 17.0. The van der Waals surface area contributed by atoms with Crippen LogP contribution in [0.15, 0.2) is 22.2 Å². The molecule has 134 valence electrons. The lowest BCUT2D eigenvalue weighted by Gasteiger charge is -2.31. The number of carbonyl (C=O) groups excluding carboxylic acids is 1. The molecule has 9 nitrogen and oxygen atoms in total. The minimum Gasteiger partial charge on any atom is -0.369 e. The zero-order chi connectivity index (χ0) is 18.3. The van der Waals surface area contributed by atoms with Crippen molar-refractivity contribution < 1.29 is 4.79 Å². The van der Waals surface area contributed by atoms with Crippen LogP contribution in [-0.2, 0) is 25.4 Å². The molecule has 0 aromatic carbocycles. The third-order valence-electron chi connectivity index (χ3n) is 4.82. The van der Waals surface area contributed by atoms with E-state index in [9.17, 15) is 14.4 Å². The Morgan fingerprint density at radius 1 is 1.28 bits per heavy atom. The lowest BCUT2D eigenvalue weighted by Crippen LogP contribution is -2.40. The van der Waals surface area contributed by atoms with Crippen LogP contribution >= 0.6 is 0 Å². The summed E-state index contributed by atoms with van der Waals surface area (Å²) in [6.07, 6.45) is 2.97. The van der Waals surface area contributed by atoms with Crippen LogP contribution < -0.4 is 21.9 Å². The molecule has 2 aromatic heterocycles. The molecule has 3 rings (SSSR count). The van der Waals surface area contributed by atoms with Gasteiger partial charge in [-0.2, -0.15) is 4.98 Å². The Morgan fingerprint density at radius 2 is 1.92 bits per heavy atom. The zero-order valence-corrected chi connectivity index (χ0v) is 14.4. The number of imidazole rings is 1. The Hall–Kier alpha value is -2.84. The van der Waals surface area contributed by atoms with Crippen molar-refractivity contribution >= 4 is 23.0 Å². The van der Waals surface area contributed by atoms with Gasteiger partial charge in [0.1, 0.15) is 0 Å². The zero-order valence-electron chi connectivity index (χ0n) is 14.4. The largest absolute Gasteiger partial charge is 0.369 e. The summed E-state index contributed by atoms with van der Waals surface area (Å²) in [5, 5.41) is 0. The minimum atomic E-state index is -0.417. The minimum absolute atomic E-state index is 0.134. The van der Waals surface area contributed by atoms with E-state index in [0.717, 1.165) is 4.57 Å². The van der Waals surface area contributed by atoms with Crippen molar-refractivity contribution in [3.05, 3.63) is 33.5 Å². The maximum atomic E-state index is 12.6. The van der Waals surface area contributed by atoms with Crippen LogP contribution in [-0.4, -0.2) is 37.7 Å². The Balaban J connectivity index is 2.15. The van der Waals surface area contributed by atoms with Crippen LogP contribution in [0, 0.1) is 5.92 Å². The van der Waals surface area contributed by atoms with Crippen molar-refractivity contribution in [2.45, 2.75) is 19.4 Å². The molecule has 3 heterocycles. The molecule has 25 heavy (non-hydrogen) atoms. The first-order chi connectivity index (χ1) is 11.9. The van der Waals surface area contributed by atoms with Gasteiger partial charge in [-0.1, -0.05) is 6.08 Å². The summed E-state index contributed by atoms with van der Waals surface area (Å²) < 4.78 is 4.22. The van der Waals surface area contributed by atoms with Crippen molar-refractivity contribution in [1.29, 1.82) is 0 Å². The fourth-order valence-electron chi connectivity index (χ4n) is 3.34. The molecule has 1 amide bonds. The molecule has 2 aromatic rings. The molecule has 0 spiro atoms. The monoisotopic (exact) mass is 346 g/mol. The van der Waals surface area contributed by atoms with Gasteiger partial charge in [-0.05, 0) is 12.8 Å². The number of piperidine rings is 1. The number of allylic oxidation sites excluding steroid dienone is 1. The predicted molar refractivity (Wildman–Crippen MR) is 94.5 cm³/mol. The van der Waals surface area contributed by atoms with Crippen molar-refractivity contribution in [3.63, 3.8) is 0 Å². The molecule has 0 unspecified atom stereocenters. The topological polar surface area (TPSA) is 108 Å². The molecule has 0 atom stereocenters. The van der Waals surface area contributed by atoms with E-state index in [2.05, 4.69) is 11.6 Å². The smallest absolute Gasteiger partial charge is 0.332 e. The maximum absolute atomic E-state index is 12.6. The Bertz CT molecular complexity index is 959. The molecule has 2 N–H and O–H groups in total. The number of carbonyl (C=O) groups is 1. The van der Waals surface area contributed by atoms with Crippen LogP contribution in [0.1, 0.15) is 12.8 Å². The van der Waals surface area contributed by atoms with Gasteiger partial charge < -0.3 is 15.2 Å². The molecular formula is C16H22N6O3. The summed E-state index contributed by atoms with van der Waals surface area (Å²) in [6, 6.07) is 0. The van der Waals surface area contributed by atoms with E-state index >= 15 is 0 Å². The second-order valence-electron chi connectivity index (χ2n) is 6.35.